The van der Waals surface area contributed by atoms with Gasteiger partial charge in [0.05, 0.1) is 11.0 Å². The molecule has 124 valence electrons. The van der Waals surface area contributed by atoms with Crippen LogP contribution in [0.2, 0.25) is 0 Å². The average Bonchev–Trinajstić information content (AvgIpc) is 2.72. The van der Waals surface area contributed by atoms with Crippen LogP contribution in [0.1, 0.15) is 12.2 Å². The molecule has 1 amide bonds. The topological polar surface area (TPSA) is 59.0 Å². The van der Waals surface area contributed by atoms with Crippen molar-refractivity contribution in [2.24, 2.45) is 7.05 Å². The normalized spacial score (nSPS) is 9.95. The van der Waals surface area contributed by atoms with Gasteiger partial charge in [-0.3, -0.25) is 4.79 Å². The van der Waals surface area contributed by atoms with Crippen molar-refractivity contribution in [3.05, 3.63) is 29.8 Å². The first-order valence-corrected chi connectivity index (χ1v) is 6.64. The molecule has 0 saturated carbocycles. The second-order valence-electron chi connectivity index (χ2n) is 4.67. The van der Waals surface area contributed by atoms with Crippen LogP contribution in [0.15, 0.2) is 18.2 Å². The number of halogens is 3. The fourth-order valence-electron chi connectivity index (χ4n) is 2.09. The molecule has 1 heterocycles. The molecule has 0 fully saturated rings. The molecule has 2 aromatic rings. The van der Waals surface area contributed by atoms with Gasteiger partial charge in [0.1, 0.15) is 11.6 Å². The lowest BCUT2D eigenvalue weighted by atomic mass is 10.3. The van der Waals surface area contributed by atoms with Gasteiger partial charge in [0.25, 0.3) is 0 Å². The summed E-state index contributed by atoms with van der Waals surface area (Å²) in [5.41, 5.74) is 1.53. The van der Waals surface area contributed by atoms with Crippen LogP contribution in [0.25, 0.3) is 11.0 Å². The van der Waals surface area contributed by atoms with E-state index in [4.69, 9.17) is 0 Å². The molecule has 0 aliphatic rings. The molecule has 0 aliphatic heterocycles. The Morgan fingerprint density at radius 1 is 1.32 bits per heavy atom. The number of fused-ring (bicyclic) bond motifs is 1. The van der Waals surface area contributed by atoms with Crippen molar-refractivity contribution in [2.75, 3.05) is 20.1 Å². The molecule has 0 aliphatic carbocycles. The molecule has 2 N–H and O–H groups in total. The summed E-state index contributed by atoms with van der Waals surface area (Å²) in [6.45, 7) is 1.19. The van der Waals surface area contributed by atoms with Gasteiger partial charge in [-0.15, -0.1) is 24.8 Å². The Balaban J connectivity index is 0.00000220. The molecule has 8 heteroatoms. The van der Waals surface area contributed by atoms with E-state index in [9.17, 15) is 9.18 Å². The minimum Gasteiger partial charge on any atom is -0.356 e. The lowest BCUT2D eigenvalue weighted by Gasteiger charge is -2.05. The van der Waals surface area contributed by atoms with E-state index in [2.05, 4.69) is 15.6 Å². The zero-order chi connectivity index (χ0) is 14.5. The number of rotatable bonds is 6. The van der Waals surface area contributed by atoms with Gasteiger partial charge >= 0.3 is 0 Å². The number of amides is 1. The van der Waals surface area contributed by atoms with Crippen molar-refractivity contribution < 1.29 is 9.18 Å². The molecule has 0 spiro atoms. The molecular weight excluding hydrogens is 330 g/mol. The molecule has 2 rings (SSSR count). The molecule has 22 heavy (non-hydrogen) atoms. The minimum absolute atomic E-state index is 0. The molecular formula is C14H21Cl2FN4O. The third-order valence-corrected chi connectivity index (χ3v) is 3.21. The molecule has 0 atom stereocenters. The number of hydrogen-bond donors (Lipinski definition) is 2. The van der Waals surface area contributed by atoms with Crippen molar-refractivity contribution in [3.8, 4) is 0 Å². The zero-order valence-corrected chi connectivity index (χ0v) is 14.2. The van der Waals surface area contributed by atoms with E-state index in [0.29, 0.717) is 31.4 Å². The molecule has 0 bridgehead atoms. The maximum absolute atomic E-state index is 13.1. The van der Waals surface area contributed by atoms with Crippen LogP contribution in [0.4, 0.5) is 4.39 Å². The molecule has 0 saturated heterocycles. The second kappa shape index (κ2) is 9.61. The number of carbonyl (C=O) groups is 1. The minimum atomic E-state index is -0.289. The molecule has 1 aromatic heterocycles. The highest BCUT2D eigenvalue weighted by molar-refractivity contribution is 5.85. The van der Waals surface area contributed by atoms with E-state index in [1.807, 2.05) is 18.7 Å². The van der Waals surface area contributed by atoms with Gasteiger partial charge in [0.2, 0.25) is 5.91 Å². The van der Waals surface area contributed by atoms with Crippen LogP contribution in [-0.2, 0) is 18.3 Å². The summed E-state index contributed by atoms with van der Waals surface area (Å²) in [4.78, 5) is 15.9. The highest BCUT2D eigenvalue weighted by Gasteiger charge is 2.08. The average molecular weight is 351 g/mol. The first kappa shape index (κ1) is 20.6. The quantitative estimate of drug-likeness (QED) is 0.835. The number of imidazole rings is 1. The number of nitrogens with one attached hydrogen (secondary N) is 2. The lowest BCUT2D eigenvalue weighted by molar-refractivity contribution is -0.120. The van der Waals surface area contributed by atoms with Crippen LogP contribution in [0.5, 0.6) is 0 Å². The van der Waals surface area contributed by atoms with Gasteiger partial charge in [-0.05, 0) is 19.2 Å². The Morgan fingerprint density at radius 2 is 2.05 bits per heavy atom. The highest BCUT2D eigenvalue weighted by atomic mass is 35.5. The SMILES string of the molecule is CNCCC(=O)NCCc1nc2cc(F)ccc2n1C.Cl.Cl. The summed E-state index contributed by atoms with van der Waals surface area (Å²) in [6.07, 6.45) is 1.09. The van der Waals surface area contributed by atoms with Crippen LogP contribution in [0, 0.1) is 5.82 Å². The number of carbonyl (C=O) groups excluding carboxylic acids is 1. The Labute approximate surface area is 141 Å². The van der Waals surface area contributed by atoms with Gasteiger partial charge in [-0.2, -0.15) is 0 Å². The van der Waals surface area contributed by atoms with E-state index in [1.165, 1.54) is 12.1 Å². The van der Waals surface area contributed by atoms with Crippen LogP contribution >= 0.6 is 24.8 Å². The summed E-state index contributed by atoms with van der Waals surface area (Å²) in [5.74, 6) is 0.561. The van der Waals surface area contributed by atoms with Gasteiger partial charge in [0.15, 0.2) is 0 Å². The van der Waals surface area contributed by atoms with E-state index in [0.717, 1.165) is 11.3 Å². The number of hydrogen-bond acceptors (Lipinski definition) is 3. The Morgan fingerprint density at radius 3 is 2.73 bits per heavy atom. The molecule has 0 radical (unpaired) electrons. The van der Waals surface area contributed by atoms with E-state index >= 15 is 0 Å². The van der Waals surface area contributed by atoms with Crippen LogP contribution in [-0.4, -0.2) is 35.6 Å². The van der Waals surface area contributed by atoms with Crippen molar-refractivity contribution in [1.29, 1.82) is 0 Å². The molecule has 0 unspecified atom stereocenters. The maximum Gasteiger partial charge on any atom is 0.221 e. The lowest BCUT2D eigenvalue weighted by Crippen LogP contribution is -2.28. The van der Waals surface area contributed by atoms with Crippen molar-refractivity contribution >= 4 is 41.8 Å². The summed E-state index contributed by atoms with van der Waals surface area (Å²) in [6, 6.07) is 4.56. The number of aromatic nitrogens is 2. The first-order chi connectivity index (χ1) is 9.61. The monoisotopic (exact) mass is 350 g/mol. The summed E-state index contributed by atoms with van der Waals surface area (Å²) >= 11 is 0. The highest BCUT2D eigenvalue weighted by Crippen LogP contribution is 2.16. The third kappa shape index (κ3) is 5.12. The largest absolute Gasteiger partial charge is 0.356 e. The number of nitrogens with zero attached hydrogens (tertiary/aromatic N) is 2. The molecule has 5 nitrogen and oxygen atoms in total. The van der Waals surface area contributed by atoms with E-state index in [1.54, 1.807) is 6.07 Å². The smallest absolute Gasteiger partial charge is 0.221 e. The van der Waals surface area contributed by atoms with Gasteiger partial charge in [-0.25, -0.2) is 9.37 Å². The predicted molar refractivity (Wildman–Crippen MR) is 90.4 cm³/mol. The van der Waals surface area contributed by atoms with Gasteiger partial charge < -0.3 is 15.2 Å². The first-order valence-electron chi connectivity index (χ1n) is 6.64. The van der Waals surface area contributed by atoms with Crippen LogP contribution < -0.4 is 10.6 Å². The summed E-state index contributed by atoms with van der Waals surface area (Å²) in [5, 5.41) is 5.77. The van der Waals surface area contributed by atoms with Gasteiger partial charge in [0, 0.05) is 39.0 Å². The summed E-state index contributed by atoms with van der Waals surface area (Å²) in [7, 11) is 3.71. The summed E-state index contributed by atoms with van der Waals surface area (Å²) < 4.78 is 15.1. The fourth-order valence-corrected chi connectivity index (χ4v) is 2.09. The number of aryl methyl sites for hydroxylation is 1. The fraction of sp³-hybridized carbons (Fsp3) is 0.429. The van der Waals surface area contributed by atoms with Crippen LogP contribution in [0.3, 0.4) is 0 Å². The van der Waals surface area contributed by atoms with Gasteiger partial charge in [-0.1, -0.05) is 0 Å². The number of benzene rings is 1. The van der Waals surface area contributed by atoms with E-state index < -0.39 is 0 Å². The Hall–Kier alpha value is -1.37. The predicted octanol–water partition coefficient (Wildman–Crippen LogP) is 1.82. The third-order valence-electron chi connectivity index (χ3n) is 3.21. The van der Waals surface area contributed by atoms with Crippen molar-refractivity contribution in [2.45, 2.75) is 12.8 Å². The van der Waals surface area contributed by atoms with Crippen molar-refractivity contribution in [3.63, 3.8) is 0 Å². The molecule has 1 aromatic carbocycles. The van der Waals surface area contributed by atoms with Crippen molar-refractivity contribution in [1.82, 2.24) is 20.2 Å². The zero-order valence-electron chi connectivity index (χ0n) is 12.6. The maximum atomic E-state index is 13.1. The Kier molecular flexibility index (Phi) is 9.01. The standard InChI is InChI=1S/C14H19FN4O.2ClH/c1-16-7-6-14(20)17-8-5-13-18-11-9-10(15)3-4-12(11)19(13)2;;/h3-4,9,16H,5-8H2,1-2H3,(H,17,20);2*1H. The van der Waals surface area contributed by atoms with E-state index in [-0.39, 0.29) is 36.5 Å². The Bertz CT molecular complexity index is 618. The second-order valence-corrected chi connectivity index (χ2v) is 4.67.